The molecule has 30 heavy (non-hydrogen) atoms. The van der Waals surface area contributed by atoms with Gasteiger partial charge in [-0.1, -0.05) is 23.1 Å². The summed E-state index contributed by atoms with van der Waals surface area (Å²) in [4.78, 5) is 28.6. The standard InChI is InChI=1S/C18H16N6O4S2/c1-10-7-14-19-12(8-15(25)24(14)28-10)9-29-18-23-22-17(30-18)21-16(26)20-11-3-5-13(27-2)6-4-11/h3-8H,9H2,1-2H3,(H2,20,21,22,26). The summed E-state index contributed by atoms with van der Waals surface area (Å²) in [5, 5.41) is 13.7. The average Bonchev–Trinajstić information content (AvgIpc) is 3.32. The fourth-order valence-electron chi connectivity index (χ4n) is 2.54. The van der Waals surface area contributed by atoms with Crippen molar-refractivity contribution in [3.05, 3.63) is 58.2 Å². The second-order valence-electron chi connectivity index (χ2n) is 6.05. The highest BCUT2D eigenvalue weighted by atomic mass is 32.2. The quantitative estimate of drug-likeness (QED) is 0.343. The maximum Gasteiger partial charge on any atom is 0.325 e. The van der Waals surface area contributed by atoms with E-state index in [9.17, 15) is 9.59 Å². The predicted octanol–water partition coefficient (Wildman–Crippen LogP) is 3.39. The zero-order chi connectivity index (χ0) is 21.1. The normalized spacial score (nSPS) is 10.9. The number of fused-ring (bicyclic) bond motifs is 1. The van der Waals surface area contributed by atoms with E-state index in [0.717, 1.165) is 4.57 Å². The number of aromatic nitrogens is 4. The van der Waals surface area contributed by atoms with Gasteiger partial charge in [0.2, 0.25) is 5.13 Å². The predicted molar refractivity (Wildman–Crippen MR) is 114 cm³/mol. The van der Waals surface area contributed by atoms with E-state index in [1.807, 2.05) is 0 Å². The number of benzene rings is 1. The summed E-state index contributed by atoms with van der Waals surface area (Å²) in [5.41, 5.74) is 1.41. The highest BCUT2D eigenvalue weighted by Crippen LogP contribution is 2.28. The maximum atomic E-state index is 12.1. The molecule has 0 unspecified atom stereocenters. The van der Waals surface area contributed by atoms with E-state index in [-0.39, 0.29) is 5.56 Å². The second kappa shape index (κ2) is 8.55. The van der Waals surface area contributed by atoms with Crippen LogP contribution in [0, 0.1) is 6.92 Å². The molecular formula is C18H16N6O4S2. The molecular weight excluding hydrogens is 428 g/mol. The first-order chi connectivity index (χ1) is 14.5. The third-order valence-corrected chi connectivity index (χ3v) is 5.85. The summed E-state index contributed by atoms with van der Waals surface area (Å²) >= 11 is 2.60. The molecule has 10 nitrogen and oxygen atoms in total. The van der Waals surface area contributed by atoms with E-state index < -0.39 is 6.03 Å². The van der Waals surface area contributed by atoms with E-state index >= 15 is 0 Å². The minimum Gasteiger partial charge on any atom is -0.497 e. The zero-order valence-electron chi connectivity index (χ0n) is 15.9. The van der Waals surface area contributed by atoms with Crippen molar-refractivity contribution in [2.24, 2.45) is 0 Å². The minimum absolute atomic E-state index is 0.279. The molecule has 1 aromatic carbocycles. The number of urea groups is 1. The molecule has 4 aromatic rings. The first-order valence-corrected chi connectivity index (χ1v) is 10.5. The third kappa shape index (κ3) is 4.60. The van der Waals surface area contributed by atoms with Crippen LogP contribution < -0.4 is 20.9 Å². The van der Waals surface area contributed by atoms with E-state index in [1.165, 1.54) is 29.2 Å². The van der Waals surface area contributed by atoms with Crippen molar-refractivity contribution in [3.8, 4) is 5.75 Å². The van der Waals surface area contributed by atoms with Crippen molar-refractivity contribution < 1.29 is 14.1 Å². The number of amides is 2. The number of ether oxygens (including phenoxy) is 1. The van der Waals surface area contributed by atoms with Crippen LogP contribution in [0.3, 0.4) is 0 Å². The van der Waals surface area contributed by atoms with Gasteiger partial charge in [-0.2, -0.15) is 0 Å². The van der Waals surface area contributed by atoms with Gasteiger partial charge in [-0.3, -0.25) is 10.1 Å². The van der Waals surface area contributed by atoms with E-state index in [0.29, 0.717) is 43.8 Å². The number of hydrogen-bond acceptors (Lipinski definition) is 9. The number of hydrogen-bond donors (Lipinski definition) is 2. The molecule has 12 heteroatoms. The van der Waals surface area contributed by atoms with Gasteiger partial charge < -0.3 is 14.6 Å². The molecule has 3 heterocycles. The molecule has 0 bridgehead atoms. The molecule has 0 aliphatic rings. The molecule has 4 rings (SSSR count). The lowest BCUT2D eigenvalue weighted by molar-refractivity contribution is 0.262. The molecule has 0 atom stereocenters. The van der Waals surface area contributed by atoms with Gasteiger partial charge in [-0.25, -0.2) is 9.78 Å². The Hall–Kier alpha value is -3.38. The lowest BCUT2D eigenvalue weighted by atomic mass is 10.3. The number of carbonyl (C=O) groups excluding carboxylic acids is 1. The van der Waals surface area contributed by atoms with Gasteiger partial charge in [0.1, 0.15) is 11.5 Å². The molecule has 0 fully saturated rings. The molecule has 0 spiro atoms. The summed E-state index contributed by atoms with van der Waals surface area (Å²) in [7, 11) is 1.57. The number of methoxy groups -OCH3 is 1. The summed E-state index contributed by atoms with van der Waals surface area (Å²) in [6.07, 6.45) is 0. The largest absolute Gasteiger partial charge is 0.497 e. The van der Waals surface area contributed by atoms with E-state index in [4.69, 9.17) is 9.26 Å². The highest BCUT2D eigenvalue weighted by molar-refractivity contribution is 8.00. The van der Waals surface area contributed by atoms with Crippen LogP contribution in [0.1, 0.15) is 11.5 Å². The molecule has 2 amide bonds. The number of aryl methyl sites for hydroxylation is 1. The van der Waals surface area contributed by atoms with Crippen LogP contribution in [0.5, 0.6) is 5.75 Å². The summed E-state index contributed by atoms with van der Waals surface area (Å²) in [6, 6.07) is 9.65. The van der Waals surface area contributed by atoms with Gasteiger partial charge in [-0.05, 0) is 31.2 Å². The Morgan fingerprint density at radius 1 is 1.23 bits per heavy atom. The van der Waals surface area contributed by atoms with E-state index in [2.05, 4.69) is 25.8 Å². The fourth-order valence-corrected chi connectivity index (χ4v) is 4.18. The van der Waals surface area contributed by atoms with Crippen LogP contribution in [0.15, 0.2) is 50.1 Å². The SMILES string of the molecule is COc1ccc(NC(=O)Nc2nnc(SCc3cc(=O)n4oc(C)cc4n3)s2)cc1. The van der Waals surface area contributed by atoms with Gasteiger partial charge in [0.25, 0.3) is 5.56 Å². The monoisotopic (exact) mass is 444 g/mol. The zero-order valence-corrected chi connectivity index (χ0v) is 17.5. The molecule has 154 valence electrons. The first-order valence-electron chi connectivity index (χ1n) is 8.68. The van der Waals surface area contributed by atoms with Crippen LogP contribution in [-0.4, -0.2) is 32.9 Å². The van der Waals surface area contributed by atoms with Crippen molar-refractivity contribution in [2.75, 3.05) is 17.7 Å². The lowest BCUT2D eigenvalue weighted by Crippen LogP contribution is -2.19. The minimum atomic E-state index is -0.427. The Balaban J connectivity index is 1.34. The average molecular weight is 444 g/mol. The van der Waals surface area contributed by atoms with Crippen molar-refractivity contribution in [2.45, 2.75) is 17.0 Å². The second-order valence-corrected chi connectivity index (χ2v) is 8.25. The Morgan fingerprint density at radius 3 is 2.80 bits per heavy atom. The number of thioether (sulfide) groups is 1. The Morgan fingerprint density at radius 2 is 2.03 bits per heavy atom. The van der Waals surface area contributed by atoms with Gasteiger partial charge in [-0.15, -0.1) is 14.8 Å². The van der Waals surface area contributed by atoms with Crippen molar-refractivity contribution in [1.82, 2.24) is 19.8 Å². The number of nitrogens with one attached hydrogen (secondary N) is 2. The Kier molecular flexibility index (Phi) is 5.68. The van der Waals surface area contributed by atoms with Crippen LogP contribution in [0.4, 0.5) is 15.6 Å². The van der Waals surface area contributed by atoms with Crippen molar-refractivity contribution in [1.29, 1.82) is 0 Å². The Labute approximate surface area is 178 Å². The van der Waals surface area contributed by atoms with Gasteiger partial charge in [0.15, 0.2) is 9.99 Å². The van der Waals surface area contributed by atoms with Gasteiger partial charge in [0.05, 0.1) is 12.8 Å². The van der Waals surface area contributed by atoms with Crippen molar-refractivity contribution >= 4 is 45.6 Å². The third-order valence-electron chi connectivity index (χ3n) is 3.84. The molecule has 0 aliphatic heterocycles. The molecule has 3 aromatic heterocycles. The first kappa shape index (κ1) is 19.9. The Bertz CT molecular complexity index is 1250. The molecule has 0 aliphatic carbocycles. The lowest BCUT2D eigenvalue weighted by Gasteiger charge is -2.05. The number of carbonyl (C=O) groups is 1. The summed E-state index contributed by atoms with van der Waals surface area (Å²) < 4.78 is 12.1. The van der Waals surface area contributed by atoms with Crippen molar-refractivity contribution in [3.63, 3.8) is 0 Å². The smallest absolute Gasteiger partial charge is 0.325 e. The van der Waals surface area contributed by atoms with Gasteiger partial charge in [0, 0.05) is 23.6 Å². The van der Waals surface area contributed by atoms with Gasteiger partial charge >= 0.3 is 6.03 Å². The molecule has 2 N–H and O–H groups in total. The summed E-state index contributed by atoms with van der Waals surface area (Å²) in [6.45, 7) is 1.75. The number of nitrogens with zero attached hydrogens (tertiary/aromatic N) is 4. The maximum absolute atomic E-state index is 12.1. The molecule has 0 saturated carbocycles. The number of rotatable bonds is 6. The van der Waals surface area contributed by atoms with E-state index in [1.54, 1.807) is 44.4 Å². The molecule has 0 saturated heterocycles. The molecule has 0 radical (unpaired) electrons. The topological polar surface area (TPSA) is 124 Å². The summed E-state index contributed by atoms with van der Waals surface area (Å²) in [5.74, 6) is 1.74. The van der Waals surface area contributed by atoms with Crippen LogP contribution in [0.25, 0.3) is 5.65 Å². The number of anilines is 2. The van der Waals surface area contributed by atoms with Crippen LogP contribution in [0.2, 0.25) is 0 Å². The highest BCUT2D eigenvalue weighted by Gasteiger charge is 2.11. The van der Waals surface area contributed by atoms with Crippen LogP contribution >= 0.6 is 23.1 Å². The fraction of sp³-hybridized carbons (Fsp3) is 0.167. The van der Waals surface area contributed by atoms with Crippen LogP contribution in [-0.2, 0) is 5.75 Å².